The van der Waals surface area contributed by atoms with Gasteiger partial charge in [0.25, 0.3) is 0 Å². The van der Waals surface area contributed by atoms with Crippen molar-refractivity contribution in [3.8, 4) is 11.1 Å². The molecule has 0 bridgehead atoms. The van der Waals surface area contributed by atoms with Crippen LogP contribution in [0.4, 0.5) is 11.4 Å². The first-order chi connectivity index (χ1) is 6.68. The van der Waals surface area contributed by atoms with Crippen molar-refractivity contribution in [2.75, 3.05) is 11.5 Å². The molecule has 72 valence electrons. The Morgan fingerprint density at radius 3 is 2.29 bits per heavy atom. The number of nitrogens with two attached hydrogens (primary N) is 2. The summed E-state index contributed by atoms with van der Waals surface area (Å²) in [4.78, 5) is 0. The Labute approximate surface area is 91.1 Å². The van der Waals surface area contributed by atoms with Crippen LogP contribution in [0, 0.1) is 0 Å². The predicted octanol–water partition coefficient (Wildman–Crippen LogP) is 3.23. The second-order valence-electron chi connectivity index (χ2n) is 2.95. The van der Waals surface area contributed by atoms with Gasteiger partial charge in [0.05, 0.1) is 4.34 Å². The molecule has 0 fully saturated rings. The van der Waals surface area contributed by atoms with Gasteiger partial charge in [0.2, 0.25) is 0 Å². The van der Waals surface area contributed by atoms with Crippen molar-refractivity contribution < 1.29 is 0 Å². The molecule has 0 saturated heterocycles. The van der Waals surface area contributed by atoms with Gasteiger partial charge in [0.1, 0.15) is 0 Å². The third-order valence-electron chi connectivity index (χ3n) is 1.99. The molecule has 2 nitrogen and oxygen atoms in total. The number of hydrogen-bond acceptors (Lipinski definition) is 3. The van der Waals surface area contributed by atoms with Gasteiger partial charge in [-0.3, -0.25) is 0 Å². The van der Waals surface area contributed by atoms with Crippen LogP contribution in [0.25, 0.3) is 11.1 Å². The molecule has 0 atom stereocenters. The number of hydrogen-bond donors (Lipinski definition) is 2. The molecular weight excluding hydrogens is 216 g/mol. The number of thiophene rings is 1. The fourth-order valence-electron chi connectivity index (χ4n) is 1.36. The van der Waals surface area contributed by atoms with Gasteiger partial charge in [-0.25, -0.2) is 0 Å². The minimum Gasteiger partial charge on any atom is -0.398 e. The van der Waals surface area contributed by atoms with Crippen molar-refractivity contribution in [3.05, 3.63) is 34.0 Å². The molecule has 0 spiro atoms. The highest BCUT2D eigenvalue weighted by Crippen LogP contribution is 2.35. The number of anilines is 2. The molecule has 0 unspecified atom stereocenters. The highest BCUT2D eigenvalue weighted by Gasteiger charge is 2.07. The van der Waals surface area contributed by atoms with Crippen LogP contribution < -0.4 is 11.5 Å². The minimum atomic E-state index is 0.680. The average Bonchev–Trinajstić information content (AvgIpc) is 2.51. The third-order valence-corrected chi connectivity index (χ3v) is 3.08. The Bertz CT molecular complexity index is 445. The lowest BCUT2D eigenvalue weighted by molar-refractivity contribution is 1.64. The summed E-state index contributed by atoms with van der Waals surface area (Å²) in [5, 5.41) is 1.95. The predicted molar refractivity (Wildman–Crippen MR) is 63.6 cm³/mol. The van der Waals surface area contributed by atoms with Gasteiger partial charge in [-0.1, -0.05) is 17.7 Å². The molecule has 4 N–H and O–H groups in total. The summed E-state index contributed by atoms with van der Waals surface area (Å²) in [6, 6.07) is 7.37. The van der Waals surface area contributed by atoms with Crippen molar-refractivity contribution in [2.24, 2.45) is 0 Å². The maximum atomic E-state index is 5.85. The van der Waals surface area contributed by atoms with E-state index >= 15 is 0 Å². The van der Waals surface area contributed by atoms with Gasteiger partial charge < -0.3 is 11.5 Å². The standard InChI is InChI=1S/C10H9ClN2S/c11-9-4-6(5-14-9)10-7(12)2-1-3-8(10)13/h1-5H,12-13H2. The average molecular weight is 225 g/mol. The van der Waals surface area contributed by atoms with Crippen LogP contribution in [-0.2, 0) is 0 Å². The van der Waals surface area contributed by atoms with Crippen LogP contribution in [0.15, 0.2) is 29.6 Å². The van der Waals surface area contributed by atoms with Crippen molar-refractivity contribution in [1.82, 2.24) is 0 Å². The summed E-state index contributed by atoms with van der Waals surface area (Å²) in [5.74, 6) is 0. The van der Waals surface area contributed by atoms with Crippen molar-refractivity contribution in [1.29, 1.82) is 0 Å². The van der Waals surface area contributed by atoms with E-state index in [4.69, 9.17) is 23.1 Å². The molecule has 0 aliphatic carbocycles. The first-order valence-electron chi connectivity index (χ1n) is 4.07. The van der Waals surface area contributed by atoms with Crippen LogP contribution in [0.3, 0.4) is 0 Å². The molecule has 0 aliphatic heterocycles. The van der Waals surface area contributed by atoms with Gasteiger partial charge in [-0.2, -0.15) is 0 Å². The fraction of sp³-hybridized carbons (Fsp3) is 0. The second kappa shape index (κ2) is 3.52. The quantitative estimate of drug-likeness (QED) is 0.731. The van der Waals surface area contributed by atoms with E-state index in [-0.39, 0.29) is 0 Å². The molecule has 0 amide bonds. The van der Waals surface area contributed by atoms with Crippen LogP contribution in [0.1, 0.15) is 0 Å². The SMILES string of the molecule is Nc1cccc(N)c1-c1csc(Cl)c1. The summed E-state index contributed by atoms with van der Waals surface area (Å²) in [6.07, 6.45) is 0. The smallest absolute Gasteiger partial charge is 0.0934 e. The molecule has 0 aliphatic rings. The van der Waals surface area contributed by atoms with Gasteiger partial charge in [-0.05, 0) is 23.8 Å². The molecule has 0 saturated carbocycles. The van der Waals surface area contributed by atoms with Gasteiger partial charge in [0, 0.05) is 22.3 Å². The highest BCUT2D eigenvalue weighted by atomic mass is 35.5. The number of nitrogen functional groups attached to an aromatic ring is 2. The zero-order chi connectivity index (χ0) is 10.1. The Kier molecular flexibility index (Phi) is 2.35. The zero-order valence-electron chi connectivity index (χ0n) is 7.33. The molecule has 2 aromatic rings. The van der Waals surface area contributed by atoms with E-state index < -0.39 is 0 Å². The van der Waals surface area contributed by atoms with Gasteiger partial charge >= 0.3 is 0 Å². The molecular formula is C10H9ClN2S. The zero-order valence-corrected chi connectivity index (χ0v) is 8.90. The number of halogens is 1. The summed E-state index contributed by atoms with van der Waals surface area (Å²) >= 11 is 7.32. The van der Waals surface area contributed by atoms with Crippen molar-refractivity contribution >= 4 is 34.3 Å². The van der Waals surface area contributed by atoms with Crippen LogP contribution >= 0.6 is 22.9 Å². The number of rotatable bonds is 1. The first-order valence-corrected chi connectivity index (χ1v) is 5.32. The van der Waals surface area contributed by atoms with E-state index in [1.165, 1.54) is 11.3 Å². The van der Waals surface area contributed by atoms with Crippen molar-refractivity contribution in [2.45, 2.75) is 0 Å². The Hall–Kier alpha value is -1.19. The summed E-state index contributed by atoms with van der Waals surface area (Å²) in [7, 11) is 0. The minimum absolute atomic E-state index is 0.680. The van der Waals surface area contributed by atoms with E-state index in [9.17, 15) is 0 Å². The number of benzene rings is 1. The molecule has 0 radical (unpaired) electrons. The Balaban J connectivity index is 2.61. The van der Waals surface area contributed by atoms with Gasteiger partial charge in [0.15, 0.2) is 0 Å². The van der Waals surface area contributed by atoms with Gasteiger partial charge in [-0.15, -0.1) is 11.3 Å². The molecule has 2 rings (SSSR count). The summed E-state index contributed by atoms with van der Waals surface area (Å²) in [6.45, 7) is 0. The van der Waals surface area contributed by atoms with E-state index in [0.29, 0.717) is 11.4 Å². The van der Waals surface area contributed by atoms with E-state index in [0.717, 1.165) is 15.5 Å². The van der Waals surface area contributed by atoms with E-state index in [1.54, 1.807) is 0 Å². The molecule has 14 heavy (non-hydrogen) atoms. The van der Waals surface area contributed by atoms with E-state index in [2.05, 4.69) is 0 Å². The lowest BCUT2D eigenvalue weighted by Crippen LogP contribution is -1.94. The van der Waals surface area contributed by atoms with Crippen LogP contribution in [0.2, 0.25) is 4.34 Å². The first kappa shape index (κ1) is 9.37. The summed E-state index contributed by atoms with van der Waals surface area (Å²) < 4.78 is 0.739. The monoisotopic (exact) mass is 224 g/mol. The molecule has 1 aromatic carbocycles. The molecule has 1 heterocycles. The fourth-order valence-corrected chi connectivity index (χ4v) is 2.23. The summed E-state index contributed by atoms with van der Waals surface area (Å²) in [5.41, 5.74) is 14.9. The Morgan fingerprint density at radius 2 is 1.79 bits per heavy atom. The second-order valence-corrected chi connectivity index (χ2v) is 4.49. The van der Waals surface area contributed by atoms with Crippen molar-refractivity contribution in [3.63, 3.8) is 0 Å². The highest BCUT2D eigenvalue weighted by molar-refractivity contribution is 7.14. The molecule has 1 aromatic heterocycles. The maximum Gasteiger partial charge on any atom is 0.0934 e. The normalized spacial score (nSPS) is 10.4. The van der Waals surface area contributed by atoms with Crippen LogP contribution in [0.5, 0.6) is 0 Å². The third kappa shape index (κ3) is 1.56. The maximum absolute atomic E-state index is 5.85. The topological polar surface area (TPSA) is 52.0 Å². The lowest BCUT2D eigenvalue weighted by atomic mass is 10.1. The Morgan fingerprint density at radius 1 is 1.14 bits per heavy atom. The molecule has 4 heteroatoms. The lowest BCUT2D eigenvalue weighted by Gasteiger charge is -2.06. The van der Waals surface area contributed by atoms with Crippen LogP contribution in [-0.4, -0.2) is 0 Å². The largest absolute Gasteiger partial charge is 0.398 e. The van der Waals surface area contributed by atoms with E-state index in [1.807, 2.05) is 29.6 Å².